The van der Waals surface area contributed by atoms with Crippen molar-refractivity contribution in [3.63, 3.8) is 0 Å². The number of hydrogen-bond acceptors (Lipinski definition) is 6. The SMILES string of the molecule is CCOc1ccccc1NC(=O)N1CCC[C@H](c2nc(-c3ccc(OC)cc3)no2)C1. The van der Waals surface area contributed by atoms with Gasteiger partial charge in [-0.2, -0.15) is 4.98 Å². The monoisotopic (exact) mass is 422 g/mol. The highest BCUT2D eigenvalue weighted by molar-refractivity contribution is 5.91. The summed E-state index contributed by atoms with van der Waals surface area (Å²) in [6.07, 6.45) is 1.76. The molecule has 1 N–H and O–H groups in total. The summed E-state index contributed by atoms with van der Waals surface area (Å²) >= 11 is 0. The number of urea groups is 1. The summed E-state index contributed by atoms with van der Waals surface area (Å²) in [5.41, 5.74) is 1.52. The van der Waals surface area contributed by atoms with Crippen molar-refractivity contribution in [3.05, 3.63) is 54.4 Å². The molecule has 1 aromatic heterocycles. The van der Waals surface area contributed by atoms with Crippen molar-refractivity contribution in [2.45, 2.75) is 25.7 Å². The summed E-state index contributed by atoms with van der Waals surface area (Å²) in [6, 6.07) is 14.8. The van der Waals surface area contributed by atoms with Crippen LogP contribution in [0.1, 0.15) is 31.6 Å². The molecule has 0 unspecified atom stereocenters. The van der Waals surface area contributed by atoms with E-state index >= 15 is 0 Å². The predicted octanol–water partition coefficient (Wildman–Crippen LogP) is 4.56. The quantitative estimate of drug-likeness (QED) is 0.627. The minimum absolute atomic E-state index is 0.00105. The zero-order valence-electron chi connectivity index (χ0n) is 17.7. The molecule has 2 aromatic carbocycles. The van der Waals surface area contributed by atoms with E-state index in [1.54, 1.807) is 12.0 Å². The van der Waals surface area contributed by atoms with Gasteiger partial charge < -0.3 is 24.2 Å². The van der Waals surface area contributed by atoms with E-state index in [1.807, 2.05) is 55.5 Å². The minimum atomic E-state index is -0.160. The Hall–Kier alpha value is -3.55. The third-order valence-corrected chi connectivity index (χ3v) is 5.28. The molecule has 0 saturated carbocycles. The zero-order chi connectivity index (χ0) is 21.6. The maximum Gasteiger partial charge on any atom is 0.321 e. The second kappa shape index (κ2) is 9.51. The number of aromatic nitrogens is 2. The molecular weight excluding hydrogens is 396 g/mol. The Bertz CT molecular complexity index is 1020. The van der Waals surface area contributed by atoms with Crippen LogP contribution in [-0.2, 0) is 0 Å². The fraction of sp³-hybridized carbons (Fsp3) is 0.348. The average Bonchev–Trinajstić information content (AvgIpc) is 3.31. The molecule has 162 valence electrons. The summed E-state index contributed by atoms with van der Waals surface area (Å²) in [5, 5.41) is 7.09. The number of amides is 2. The standard InChI is InChI=1S/C23H26N4O4/c1-3-30-20-9-5-4-8-19(20)24-23(28)27-14-6-7-17(15-27)22-25-21(26-31-22)16-10-12-18(29-2)13-11-16/h4-5,8-13,17H,3,6-7,14-15H2,1-2H3,(H,24,28)/t17-/m0/s1. The second-order valence-electron chi connectivity index (χ2n) is 7.33. The van der Waals surface area contributed by atoms with Crippen LogP contribution in [0.3, 0.4) is 0 Å². The van der Waals surface area contributed by atoms with Crippen LogP contribution in [0.25, 0.3) is 11.4 Å². The molecule has 1 saturated heterocycles. The molecular formula is C23H26N4O4. The van der Waals surface area contributed by atoms with E-state index in [4.69, 9.17) is 14.0 Å². The number of piperidine rings is 1. The lowest BCUT2D eigenvalue weighted by molar-refractivity contribution is 0.184. The Kier molecular flexibility index (Phi) is 6.35. The molecule has 0 bridgehead atoms. The van der Waals surface area contributed by atoms with E-state index < -0.39 is 0 Å². The highest BCUT2D eigenvalue weighted by atomic mass is 16.5. The van der Waals surface area contributed by atoms with E-state index in [1.165, 1.54) is 0 Å². The summed E-state index contributed by atoms with van der Waals surface area (Å²) in [6.45, 7) is 3.65. The second-order valence-corrected chi connectivity index (χ2v) is 7.33. The third kappa shape index (κ3) is 4.79. The normalized spacial score (nSPS) is 16.1. The van der Waals surface area contributed by atoms with Crippen LogP contribution in [-0.4, -0.2) is 47.9 Å². The molecule has 2 heterocycles. The van der Waals surface area contributed by atoms with Crippen molar-refractivity contribution >= 4 is 11.7 Å². The van der Waals surface area contributed by atoms with Crippen LogP contribution in [0.15, 0.2) is 53.1 Å². The fourth-order valence-corrected chi connectivity index (χ4v) is 3.67. The van der Waals surface area contributed by atoms with Gasteiger partial charge in [-0.25, -0.2) is 4.79 Å². The first-order chi connectivity index (χ1) is 15.2. The number of ether oxygens (including phenoxy) is 2. The van der Waals surface area contributed by atoms with Crippen molar-refractivity contribution in [3.8, 4) is 22.9 Å². The smallest absolute Gasteiger partial charge is 0.321 e. The number of nitrogens with zero attached hydrogens (tertiary/aromatic N) is 3. The molecule has 0 radical (unpaired) electrons. The molecule has 8 nitrogen and oxygen atoms in total. The molecule has 0 aliphatic carbocycles. The Morgan fingerprint density at radius 1 is 1.23 bits per heavy atom. The molecule has 1 aliphatic rings. The maximum absolute atomic E-state index is 12.9. The number of rotatable bonds is 6. The number of methoxy groups -OCH3 is 1. The van der Waals surface area contributed by atoms with Gasteiger partial charge in [0.2, 0.25) is 11.7 Å². The van der Waals surface area contributed by atoms with Crippen LogP contribution in [0, 0.1) is 0 Å². The molecule has 31 heavy (non-hydrogen) atoms. The van der Waals surface area contributed by atoms with E-state index in [-0.39, 0.29) is 11.9 Å². The van der Waals surface area contributed by atoms with Gasteiger partial charge in [0.1, 0.15) is 11.5 Å². The Labute approximate surface area is 181 Å². The number of carbonyl (C=O) groups is 1. The number of nitrogens with one attached hydrogen (secondary N) is 1. The number of likely N-dealkylation sites (tertiary alicyclic amines) is 1. The average molecular weight is 422 g/mol. The van der Waals surface area contributed by atoms with Crippen molar-refractivity contribution in [2.75, 3.05) is 32.1 Å². The Morgan fingerprint density at radius 3 is 2.81 bits per heavy atom. The first-order valence-electron chi connectivity index (χ1n) is 10.4. The van der Waals surface area contributed by atoms with Gasteiger partial charge in [0.15, 0.2) is 0 Å². The molecule has 8 heteroatoms. The molecule has 1 aliphatic heterocycles. The fourth-order valence-electron chi connectivity index (χ4n) is 3.67. The van der Waals surface area contributed by atoms with Gasteiger partial charge in [0.25, 0.3) is 0 Å². The van der Waals surface area contributed by atoms with Crippen LogP contribution in [0.2, 0.25) is 0 Å². The van der Waals surface area contributed by atoms with E-state index in [0.29, 0.717) is 42.8 Å². The lowest BCUT2D eigenvalue weighted by Gasteiger charge is -2.31. The van der Waals surface area contributed by atoms with Crippen molar-refractivity contribution < 1.29 is 18.8 Å². The summed E-state index contributed by atoms with van der Waals surface area (Å²) in [5.74, 6) is 2.52. The number of anilines is 1. The molecule has 1 atom stereocenters. The number of carbonyl (C=O) groups excluding carboxylic acids is 1. The van der Waals surface area contributed by atoms with Gasteiger partial charge in [0.05, 0.1) is 25.3 Å². The molecule has 2 amide bonds. The molecule has 1 fully saturated rings. The summed E-state index contributed by atoms with van der Waals surface area (Å²) < 4.78 is 16.3. The lowest BCUT2D eigenvalue weighted by Crippen LogP contribution is -2.41. The maximum atomic E-state index is 12.9. The van der Waals surface area contributed by atoms with Crippen LogP contribution >= 0.6 is 0 Å². The zero-order valence-corrected chi connectivity index (χ0v) is 17.7. The minimum Gasteiger partial charge on any atom is -0.497 e. The lowest BCUT2D eigenvalue weighted by atomic mass is 9.98. The van der Waals surface area contributed by atoms with E-state index in [0.717, 1.165) is 24.2 Å². The van der Waals surface area contributed by atoms with Crippen LogP contribution in [0.4, 0.5) is 10.5 Å². The van der Waals surface area contributed by atoms with Gasteiger partial charge in [-0.15, -0.1) is 0 Å². The van der Waals surface area contributed by atoms with E-state index in [9.17, 15) is 4.79 Å². The van der Waals surface area contributed by atoms with Crippen molar-refractivity contribution in [1.82, 2.24) is 15.0 Å². The van der Waals surface area contributed by atoms with Crippen LogP contribution in [0.5, 0.6) is 11.5 Å². The molecule has 3 aromatic rings. The number of benzene rings is 2. The Balaban J connectivity index is 1.43. The summed E-state index contributed by atoms with van der Waals surface area (Å²) in [7, 11) is 1.63. The van der Waals surface area contributed by atoms with Gasteiger partial charge in [0, 0.05) is 18.7 Å². The molecule has 0 spiro atoms. The van der Waals surface area contributed by atoms with Gasteiger partial charge in [-0.3, -0.25) is 0 Å². The Morgan fingerprint density at radius 2 is 2.03 bits per heavy atom. The van der Waals surface area contributed by atoms with Crippen LogP contribution < -0.4 is 14.8 Å². The first kappa shape index (κ1) is 20.7. The highest BCUT2D eigenvalue weighted by Gasteiger charge is 2.29. The number of para-hydroxylation sites is 2. The topological polar surface area (TPSA) is 89.7 Å². The van der Waals surface area contributed by atoms with Gasteiger partial charge in [-0.1, -0.05) is 17.3 Å². The summed E-state index contributed by atoms with van der Waals surface area (Å²) in [4.78, 5) is 19.2. The first-order valence-corrected chi connectivity index (χ1v) is 10.4. The van der Waals surface area contributed by atoms with Crippen molar-refractivity contribution in [2.24, 2.45) is 0 Å². The molecule has 4 rings (SSSR count). The predicted molar refractivity (Wildman–Crippen MR) is 116 cm³/mol. The third-order valence-electron chi connectivity index (χ3n) is 5.28. The van der Waals surface area contributed by atoms with Gasteiger partial charge >= 0.3 is 6.03 Å². The van der Waals surface area contributed by atoms with Crippen molar-refractivity contribution in [1.29, 1.82) is 0 Å². The van der Waals surface area contributed by atoms with Gasteiger partial charge in [-0.05, 0) is 56.2 Å². The number of hydrogen-bond donors (Lipinski definition) is 1. The highest BCUT2D eigenvalue weighted by Crippen LogP contribution is 2.29. The largest absolute Gasteiger partial charge is 0.497 e. The van der Waals surface area contributed by atoms with E-state index in [2.05, 4.69) is 15.5 Å².